The first-order valence-electron chi connectivity index (χ1n) is 12.7. The van der Waals surface area contributed by atoms with Crippen molar-refractivity contribution in [2.24, 2.45) is 0 Å². The van der Waals surface area contributed by atoms with E-state index < -0.39 is 0 Å². The van der Waals surface area contributed by atoms with Gasteiger partial charge in [0.15, 0.2) is 5.65 Å². The molecule has 204 valence electrons. The number of carbonyl (C=O) groups excluding carboxylic acids is 2. The average molecular weight is 524 g/mol. The van der Waals surface area contributed by atoms with Crippen LogP contribution in [0.15, 0.2) is 43.0 Å². The molecule has 4 aromatic rings. The normalized spacial score (nSPS) is 14.0. The molecule has 2 N–H and O–H groups in total. The van der Waals surface area contributed by atoms with Crippen LogP contribution in [0.2, 0.25) is 0 Å². The van der Waals surface area contributed by atoms with Gasteiger partial charge < -0.3 is 19.7 Å². The molecule has 3 heterocycles. The third-order valence-corrected chi connectivity index (χ3v) is 6.34. The number of hydrogen-bond donors (Lipinski definition) is 2. The Bertz CT molecular complexity index is 1410. The Hall–Kier alpha value is -4.15. The minimum absolute atomic E-state index is 0. The minimum atomic E-state index is -0.389. The van der Waals surface area contributed by atoms with Crippen LogP contribution in [0.5, 0.6) is 5.75 Å². The zero-order valence-electron chi connectivity index (χ0n) is 22.5. The van der Waals surface area contributed by atoms with Gasteiger partial charge in [0, 0.05) is 38.4 Å². The van der Waals surface area contributed by atoms with Crippen molar-refractivity contribution in [3.63, 3.8) is 0 Å². The average Bonchev–Trinajstić information content (AvgIpc) is 3.54. The molecule has 38 heavy (non-hydrogen) atoms. The number of amides is 2. The molecule has 0 bridgehead atoms. The van der Waals surface area contributed by atoms with Gasteiger partial charge in [-0.1, -0.05) is 19.3 Å². The number of ether oxygens (including phenoxy) is 2. The smallest absolute Gasteiger partial charge is 0.410 e. The van der Waals surface area contributed by atoms with Crippen LogP contribution in [0, 0.1) is 0 Å². The number of nitrogens with zero attached hydrogens (tertiary/aromatic N) is 5. The lowest BCUT2D eigenvalue weighted by Crippen LogP contribution is -2.41. The van der Waals surface area contributed by atoms with Crippen LogP contribution in [0.3, 0.4) is 0 Å². The molecular weight excluding hydrogens is 486 g/mol. The Labute approximate surface area is 223 Å². The van der Waals surface area contributed by atoms with E-state index in [1.165, 1.54) is 26.4 Å². The highest BCUT2D eigenvalue weighted by atomic mass is 16.6. The molecule has 11 heteroatoms. The number of fused-ring (bicyclic) bond motifs is 2. The van der Waals surface area contributed by atoms with E-state index in [1.54, 1.807) is 52.4 Å². The summed E-state index contributed by atoms with van der Waals surface area (Å²) in [4.78, 5) is 30.4. The van der Waals surface area contributed by atoms with Gasteiger partial charge in [-0.15, -0.1) is 0 Å². The van der Waals surface area contributed by atoms with Gasteiger partial charge in [-0.3, -0.25) is 9.89 Å². The van der Waals surface area contributed by atoms with Crippen LogP contribution >= 0.6 is 0 Å². The molecule has 1 aromatic carbocycles. The molecule has 1 fully saturated rings. The van der Waals surface area contributed by atoms with Crippen molar-refractivity contribution < 1.29 is 20.5 Å². The number of hydrogen-bond acceptors (Lipinski definition) is 7. The highest BCUT2D eigenvalue weighted by Gasteiger charge is 2.26. The SMILES string of the molecule is CN(C(=O)OC(C)(C)C)C1CCCCC1.COc1cc2[nH]ncc2cc1C(=O)Nc1cnn2cccnc12.[HH]. The predicted molar refractivity (Wildman–Crippen MR) is 147 cm³/mol. The number of benzene rings is 1. The second kappa shape index (κ2) is 11.5. The number of rotatable bonds is 4. The lowest BCUT2D eigenvalue weighted by molar-refractivity contribution is 0.0188. The highest BCUT2D eigenvalue weighted by Crippen LogP contribution is 2.26. The predicted octanol–water partition coefficient (Wildman–Crippen LogP) is 5.30. The van der Waals surface area contributed by atoms with Crippen molar-refractivity contribution in [1.29, 1.82) is 0 Å². The van der Waals surface area contributed by atoms with Gasteiger partial charge in [0.1, 0.15) is 17.0 Å². The Morgan fingerprint density at radius 2 is 1.95 bits per heavy atom. The molecule has 5 rings (SSSR count). The number of aromatic amines is 1. The maximum absolute atomic E-state index is 12.6. The second-order valence-electron chi connectivity index (χ2n) is 10.3. The molecule has 0 aliphatic heterocycles. The summed E-state index contributed by atoms with van der Waals surface area (Å²) >= 11 is 0. The third kappa shape index (κ3) is 6.39. The molecular formula is C27H37N7O4. The van der Waals surface area contributed by atoms with E-state index in [4.69, 9.17) is 9.47 Å². The lowest BCUT2D eigenvalue weighted by Gasteiger charge is -2.32. The number of aromatic nitrogens is 5. The van der Waals surface area contributed by atoms with E-state index in [9.17, 15) is 9.59 Å². The second-order valence-corrected chi connectivity index (χ2v) is 10.3. The van der Waals surface area contributed by atoms with Crippen molar-refractivity contribution in [3.05, 3.63) is 48.5 Å². The molecule has 1 aliphatic rings. The summed E-state index contributed by atoms with van der Waals surface area (Å²) in [5.41, 5.74) is 1.93. The van der Waals surface area contributed by atoms with Gasteiger partial charge in [0.25, 0.3) is 5.91 Å². The van der Waals surface area contributed by atoms with Crippen molar-refractivity contribution >= 4 is 34.2 Å². The Kier molecular flexibility index (Phi) is 8.13. The number of anilines is 1. The van der Waals surface area contributed by atoms with Crippen molar-refractivity contribution in [1.82, 2.24) is 29.7 Å². The first-order chi connectivity index (χ1) is 18.2. The van der Waals surface area contributed by atoms with Gasteiger partial charge in [-0.25, -0.2) is 14.3 Å². The zero-order valence-corrected chi connectivity index (χ0v) is 22.5. The van der Waals surface area contributed by atoms with Crippen molar-refractivity contribution in [2.45, 2.75) is 64.5 Å². The Morgan fingerprint density at radius 3 is 2.66 bits per heavy atom. The number of methoxy groups -OCH3 is 1. The van der Waals surface area contributed by atoms with E-state index >= 15 is 0 Å². The quantitative estimate of drug-likeness (QED) is 0.372. The topological polar surface area (TPSA) is 127 Å². The molecule has 0 atom stereocenters. The molecule has 0 saturated heterocycles. The molecule has 1 saturated carbocycles. The van der Waals surface area contributed by atoms with Gasteiger partial charge in [0.05, 0.1) is 30.6 Å². The van der Waals surface area contributed by atoms with Crippen LogP contribution < -0.4 is 10.1 Å². The summed E-state index contributed by atoms with van der Waals surface area (Å²) in [6.45, 7) is 5.71. The van der Waals surface area contributed by atoms with E-state index in [1.807, 2.05) is 27.8 Å². The van der Waals surface area contributed by atoms with Crippen molar-refractivity contribution in [3.8, 4) is 5.75 Å². The van der Waals surface area contributed by atoms with Crippen LogP contribution in [0.1, 0.15) is 64.7 Å². The van der Waals surface area contributed by atoms with Crippen LogP contribution in [-0.2, 0) is 4.74 Å². The Morgan fingerprint density at radius 1 is 1.18 bits per heavy atom. The first kappa shape index (κ1) is 26.9. The highest BCUT2D eigenvalue weighted by molar-refractivity contribution is 6.09. The molecule has 11 nitrogen and oxygen atoms in total. The number of H-pyrrole nitrogens is 1. The molecule has 3 aromatic heterocycles. The van der Waals surface area contributed by atoms with Crippen LogP contribution in [0.25, 0.3) is 16.6 Å². The fraction of sp³-hybridized carbons (Fsp3) is 0.444. The maximum atomic E-state index is 12.6. The zero-order chi connectivity index (χ0) is 27.3. The fourth-order valence-electron chi connectivity index (χ4n) is 4.37. The summed E-state index contributed by atoms with van der Waals surface area (Å²) in [6, 6.07) is 5.62. The van der Waals surface area contributed by atoms with Crippen molar-refractivity contribution in [2.75, 3.05) is 19.5 Å². The monoisotopic (exact) mass is 523 g/mol. The molecule has 0 unspecified atom stereocenters. The van der Waals surface area contributed by atoms with Gasteiger partial charge in [0.2, 0.25) is 0 Å². The summed E-state index contributed by atoms with van der Waals surface area (Å²) in [7, 11) is 3.37. The summed E-state index contributed by atoms with van der Waals surface area (Å²) < 4.78 is 12.2. The van der Waals surface area contributed by atoms with E-state index in [0.29, 0.717) is 28.7 Å². The van der Waals surface area contributed by atoms with Crippen LogP contribution in [-0.4, -0.2) is 67.5 Å². The number of nitrogens with one attached hydrogen (secondary N) is 2. The van der Waals surface area contributed by atoms with Crippen LogP contribution in [0.4, 0.5) is 10.5 Å². The summed E-state index contributed by atoms with van der Waals surface area (Å²) in [6.07, 6.45) is 12.4. The molecule has 0 spiro atoms. The van der Waals surface area contributed by atoms with Gasteiger partial charge in [-0.05, 0) is 45.7 Å². The standard InChI is InChI=1S/C15H12N6O2.C12H23NO2.H2/c1-23-13-6-11-9(7-17-20-11)5-10(13)15(22)19-12-8-18-21-4-2-3-16-14(12)21;1-12(2,3)15-11(14)13(4)10-8-6-5-7-9-10;/h2-8H,1H3,(H,17,20)(H,19,22);10H,5-9H2,1-4H3;1H. The molecule has 1 aliphatic carbocycles. The third-order valence-electron chi connectivity index (χ3n) is 6.34. The molecule has 2 amide bonds. The maximum Gasteiger partial charge on any atom is 0.410 e. The van der Waals surface area contributed by atoms with E-state index in [0.717, 1.165) is 23.7 Å². The van der Waals surface area contributed by atoms with Gasteiger partial charge in [-0.2, -0.15) is 10.2 Å². The first-order valence-corrected chi connectivity index (χ1v) is 12.7. The largest absolute Gasteiger partial charge is 0.496 e. The number of carbonyl (C=O) groups is 2. The van der Waals surface area contributed by atoms with E-state index in [2.05, 4.69) is 25.6 Å². The minimum Gasteiger partial charge on any atom is -0.496 e. The summed E-state index contributed by atoms with van der Waals surface area (Å²) in [5, 5.41) is 14.6. The summed E-state index contributed by atoms with van der Waals surface area (Å²) in [5.74, 6) is 0.161. The van der Waals surface area contributed by atoms with Gasteiger partial charge >= 0.3 is 6.09 Å². The molecule has 0 radical (unpaired) electrons. The lowest BCUT2D eigenvalue weighted by atomic mass is 9.95. The Balaban J connectivity index is 0.000000231. The van der Waals surface area contributed by atoms with E-state index in [-0.39, 0.29) is 19.0 Å². The fourth-order valence-corrected chi connectivity index (χ4v) is 4.37.